The van der Waals surface area contributed by atoms with Gasteiger partial charge >= 0.3 is 0 Å². The molecule has 3 aromatic rings. The molecule has 3 N–H and O–H groups in total. The van der Waals surface area contributed by atoms with E-state index >= 15 is 0 Å². The number of hydrogen-bond donors (Lipinski definition) is 3. The van der Waals surface area contributed by atoms with Crippen LogP contribution in [0.25, 0.3) is 11.5 Å². The van der Waals surface area contributed by atoms with Gasteiger partial charge in [-0.1, -0.05) is 6.92 Å². The summed E-state index contributed by atoms with van der Waals surface area (Å²) in [6.07, 6.45) is 1.64. The Bertz CT molecular complexity index is 1160. The lowest BCUT2D eigenvalue weighted by atomic mass is 9.95. The summed E-state index contributed by atoms with van der Waals surface area (Å²) in [5, 5.41) is 13.8. The van der Waals surface area contributed by atoms with Crippen LogP contribution < -0.4 is 25.4 Å². The monoisotopic (exact) mass is 437 g/mol. The zero-order valence-electron chi connectivity index (χ0n) is 17.6. The summed E-state index contributed by atoms with van der Waals surface area (Å²) in [7, 11) is 0. The van der Waals surface area contributed by atoms with Crippen LogP contribution >= 0.6 is 0 Å². The van der Waals surface area contributed by atoms with Gasteiger partial charge in [-0.05, 0) is 43.7 Å². The minimum absolute atomic E-state index is 0.0626. The van der Waals surface area contributed by atoms with E-state index in [1.54, 1.807) is 47.3 Å². The van der Waals surface area contributed by atoms with Crippen LogP contribution in [0.3, 0.4) is 0 Å². The minimum atomic E-state index is -0.629. The van der Waals surface area contributed by atoms with Gasteiger partial charge < -0.3 is 24.5 Å². The van der Waals surface area contributed by atoms with E-state index in [0.717, 1.165) is 6.42 Å². The van der Waals surface area contributed by atoms with Crippen molar-refractivity contribution in [3.63, 3.8) is 0 Å². The molecule has 0 bridgehead atoms. The number of rotatable bonds is 5. The van der Waals surface area contributed by atoms with Crippen LogP contribution in [-0.4, -0.2) is 34.4 Å². The molecule has 0 radical (unpaired) electrons. The molecule has 2 aliphatic heterocycles. The first-order valence-corrected chi connectivity index (χ1v) is 10.4. The third-order valence-corrected chi connectivity index (χ3v) is 5.71. The highest BCUT2D eigenvalue weighted by Crippen LogP contribution is 2.33. The van der Waals surface area contributed by atoms with Gasteiger partial charge in [0, 0.05) is 17.7 Å². The molecule has 2 aromatic heterocycles. The van der Waals surface area contributed by atoms with Gasteiger partial charge in [0.15, 0.2) is 23.5 Å². The molecule has 1 fully saturated rings. The van der Waals surface area contributed by atoms with Gasteiger partial charge in [0.25, 0.3) is 5.91 Å². The second kappa shape index (κ2) is 8.04. The molecule has 0 saturated carbocycles. The summed E-state index contributed by atoms with van der Waals surface area (Å²) < 4.78 is 17.7. The van der Waals surface area contributed by atoms with Crippen molar-refractivity contribution in [3.05, 3.63) is 48.2 Å². The lowest BCUT2D eigenvalue weighted by Crippen LogP contribution is -2.57. The number of nitrogens with zero attached hydrogens (tertiary/aromatic N) is 2. The smallest absolute Gasteiger partial charge is 0.256 e. The largest absolute Gasteiger partial charge is 0.463 e. The van der Waals surface area contributed by atoms with Crippen LogP contribution in [0.4, 0.5) is 5.82 Å². The van der Waals surface area contributed by atoms with E-state index in [1.165, 1.54) is 0 Å². The summed E-state index contributed by atoms with van der Waals surface area (Å²) in [4.78, 5) is 25.6. The number of hydrogen-bond acceptors (Lipinski definition) is 7. The Morgan fingerprint density at radius 3 is 2.84 bits per heavy atom. The molecule has 2 aliphatic rings. The predicted octanol–water partition coefficient (Wildman–Crippen LogP) is 2.71. The average molecular weight is 437 g/mol. The van der Waals surface area contributed by atoms with Crippen molar-refractivity contribution in [2.24, 2.45) is 5.92 Å². The van der Waals surface area contributed by atoms with Crippen molar-refractivity contribution < 1.29 is 23.5 Å². The molecule has 0 spiro atoms. The fraction of sp³-hybridized carbons (Fsp3) is 0.318. The van der Waals surface area contributed by atoms with Crippen molar-refractivity contribution in [3.8, 4) is 23.0 Å². The van der Waals surface area contributed by atoms with E-state index in [-0.39, 0.29) is 30.6 Å². The van der Waals surface area contributed by atoms with Gasteiger partial charge in [-0.15, -0.1) is 0 Å². The molecule has 0 aliphatic carbocycles. The number of carbonyl (C=O) groups excluding carboxylic acids is 2. The zero-order chi connectivity index (χ0) is 22.2. The van der Waals surface area contributed by atoms with Crippen LogP contribution in [0.1, 0.15) is 36.9 Å². The quantitative estimate of drug-likeness (QED) is 0.561. The predicted molar refractivity (Wildman–Crippen MR) is 114 cm³/mol. The SMILES string of the molecule is CCC1C(=O)NC(n2nc(-c3ccco3)cc2NC(=O)c2ccc3c(c2)OCO3)NC1C. The fourth-order valence-electron chi connectivity index (χ4n) is 4.00. The molecule has 166 valence electrons. The van der Waals surface area contributed by atoms with Crippen molar-refractivity contribution in [1.29, 1.82) is 0 Å². The highest BCUT2D eigenvalue weighted by molar-refractivity contribution is 6.04. The van der Waals surface area contributed by atoms with Crippen LogP contribution in [-0.2, 0) is 4.79 Å². The van der Waals surface area contributed by atoms with Crippen LogP contribution in [0.15, 0.2) is 47.1 Å². The number of carbonyl (C=O) groups is 2. The van der Waals surface area contributed by atoms with E-state index in [1.807, 2.05) is 13.8 Å². The maximum Gasteiger partial charge on any atom is 0.256 e. The number of benzene rings is 1. The second-order valence-electron chi connectivity index (χ2n) is 7.74. The fourth-order valence-corrected chi connectivity index (χ4v) is 4.00. The number of fused-ring (bicyclic) bond motifs is 1. The van der Waals surface area contributed by atoms with Gasteiger partial charge in [0.1, 0.15) is 11.5 Å². The Labute approximate surface area is 183 Å². The van der Waals surface area contributed by atoms with Crippen LogP contribution in [0, 0.1) is 5.92 Å². The first-order chi connectivity index (χ1) is 15.5. The van der Waals surface area contributed by atoms with Gasteiger partial charge in [0.2, 0.25) is 12.7 Å². The Hall–Kier alpha value is -3.79. The highest BCUT2D eigenvalue weighted by atomic mass is 16.7. The molecule has 10 nitrogen and oxygen atoms in total. The lowest BCUT2D eigenvalue weighted by molar-refractivity contribution is -0.130. The highest BCUT2D eigenvalue weighted by Gasteiger charge is 2.34. The third-order valence-electron chi connectivity index (χ3n) is 5.71. The van der Waals surface area contributed by atoms with Crippen LogP contribution in [0.2, 0.25) is 0 Å². The lowest BCUT2D eigenvalue weighted by Gasteiger charge is -2.35. The summed E-state index contributed by atoms with van der Waals surface area (Å²) in [6, 6.07) is 10.2. The van der Waals surface area contributed by atoms with E-state index in [2.05, 4.69) is 21.0 Å². The van der Waals surface area contributed by atoms with Crippen molar-refractivity contribution >= 4 is 17.6 Å². The molecule has 5 rings (SSSR count). The number of anilines is 1. The molecular weight excluding hydrogens is 414 g/mol. The van der Waals surface area contributed by atoms with Gasteiger partial charge in [-0.25, -0.2) is 4.68 Å². The Morgan fingerprint density at radius 2 is 2.09 bits per heavy atom. The number of nitrogens with one attached hydrogen (secondary N) is 3. The topological polar surface area (TPSA) is 120 Å². The van der Waals surface area contributed by atoms with Crippen molar-refractivity contribution in [2.45, 2.75) is 32.6 Å². The third kappa shape index (κ3) is 3.58. The number of aromatic nitrogens is 2. The summed E-state index contributed by atoms with van der Waals surface area (Å²) in [5.74, 6) is 1.51. The molecule has 4 heterocycles. The van der Waals surface area contributed by atoms with Gasteiger partial charge in [-0.2, -0.15) is 5.10 Å². The van der Waals surface area contributed by atoms with E-state index in [0.29, 0.717) is 34.3 Å². The number of ether oxygens (including phenoxy) is 2. The number of amides is 2. The normalized spacial score (nSPS) is 21.9. The van der Waals surface area contributed by atoms with Gasteiger partial charge in [0.05, 0.1) is 12.2 Å². The van der Waals surface area contributed by atoms with E-state index < -0.39 is 6.29 Å². The minimum Gasteiger partial charge on any atom is -0.463 e. The van der Waals surface area contributed by atoms with Gasteiger partial charge in [-0.3, -0.25) is 14.9 Å². The molecule has 3 atom stereocenters. The van der Waals surface area contributed by atoms with Crippen molar-refractivity contribution in [1.82, 2.24) is 20.4 Å². The Balaban J connectivity index is 1.46. The Kier molecular flexibility index (Phi) is 5.06. The summed E-state index contributed by atoms with van der Waals surface area (Å²) in [6.45, 7) is 4.06. The molecule has 3 unspecified atom stereocenters. The first-order valence-electron chi connectivity index (χ1n) is 10.4. The molecule has 1 saturated heterocycles. The number of furan rings is 1. The Morgan fingerprint density at radius 1 is 1.25 bits per heavy atom. The summed E-state index contributed by atoms with van der Waals surface area (Å²) >= 11 is 0. The average Bonchev–Trinajstić information content (AvgIpc) is 3.53. The van der Waals surface area contributed by atoms with Crippen molar-refractivity contribution in [2.75, 3.05) is 12.1 Å². The molecular formula is C22H23N5O5. The molecule has 2 amide bonds. The van der Waals surface area contributed by atoms with E-state index in [9.17, 15) is 9.59 Å². The van der Waals surface area contributed by atoms with Crippen LogP contribution in [0.5, 0.6) is 11.5 Å². The standard InChI is InChI=1S/C22H23N5O5/c1-3-14-12(2)23-22(25-21(14)29)27-19(10-15(26-27)16-5-4-8-30-16)24-20(28)13-6-7-17-18(9-13)32-11-31-17/h4-10,12,14,22-23H,3,11H2,1-2H3,(H,24,28)(H,25,29). The maximum absolute atomic E-state index is 13.0. The maximum atomic E-state index is 13.0. The second-order valence-corrected chi connectivity index (χ2v) is 7.74. The molecule has 10 heteroatoms. The van der Waals surface area contributed by atoms with E-state index in [4.69, 9.17) is 13.9 Å². The zero-order valence-corrected chi connectivity index (χ0v) is 17.6. The summed E-state index contributed by atoms with van der Waals surface area (Å²) in [5.41, 5.74) is 0.930. The molecule has 1 aromatic carbocycles. The first kappa shape index (κ1) is 20.1. The molecule has 32 heavy (non-hydrogen) atoms.